The number of esters is 1. The number of hydrogen-bond donors (Lipinski definition) is 0. The maximum atomic E-state index is 13.0. The summed E-state index contributed by atoms with van der Waals surface area (Å²) in [7, 11) is -4.87. The summed E-state index contributed by atoms with van der Waals surface area (Å²) >= 11 is 0. The minimum absolute atomic E-state index is 0.0681. The molecule has 4 rings (SSSR count). The first kappa shape index (κ1) is 29.5. The molecule has 4 nitrogen and oxygen atoms in total. The van der Waals surface area contributed by atoms with E-state index in [0.29, 0.717) is 13.0 Å². The summed E-state index contributed by atoms with van der Waals surface area (Å²) in [6, 6.07) is 31.7. The Morgan fingerprint density at radius 2 is 1.21 bits per heavy atom. The van der Waals surface area contributed by atoms with Crippen molar-refractivity contribution in [2.45, 2.75) is 71.4 Å². The second kappa shape index (κ2) is 11.9. The summed E-state index contributed by atoms with van der Waals surface area (Å²) in [5, 5.41) is 3.66. The maximum Gasteiger partial charge on any atom is 0.311 e. The molecule has 0 aromatic heterocycles. The van der Waals surface area contributed by atoms with Gasteiger partial charge in [-0.05, 0) is 40.6 Å². The molecule has 4 atom stereocenters. The van der Waals surface area contributed by atoms with Crippen LogP contribution >= 0.6 is 0 Å². The molecule has 1 heterocycles. The predicted molar refractivity (Wildman–Crippen MR) is 165 cm³/mol. The Kier molecular flexibility index (Phi) is 9.01. The van der Waals surface area contributed by atoms with Crippen LogP contribution in [0.2, 0.25) is 18.1 Å². The first-order chi connectivity index (χ1) is 18.5. The fourth-order valence-corrected chi connectivity index (χ4v) is 10.7. The van der Waals surface area contributed by atoms with Gasteiger partial charge in [0.25, 0.3) is 8.32 Å². The molecular weight excluding hydrogens is 517 g/mol. The van der Waals surface area contributed by atoms with Gasteiger partial charge in [0.05, 0.1) is 12.0 Å². The Labute approximate surface area is 237 Å². The van der Waals surface area contributed by atoms with Gasteiger partial charge in [-0.1, -0.05) is 119 Å². The lowest BCUT2D eigenvalue weighted by molar-refractivity contribution is -0.176. The normalized spacial score (nSPS) is 22.4. The smallest absolute Gasteiger partial charge is 0.311 e. The second-order valence-electron chi connectivity index (χ2n) is 12.4. The lowest BCUT2D eigenvalue weighted by Gasteiger charge is -2.46. The van der Waals surface area contributed by atoms with Crippen molar-refractivity contribution in [2.24, 2.45) is 11.8 Å². The molecule has 0 aliphatic carbocycles. The van der Waals surface area contributed by atoms with Gasteiger partial charge < -0.3 is 13.6 Å². The van der Waals surface area contributed by atoms with E-state index in [0.717, 1.165) is 0 Å². The number of ether oxygens (including phenoxy) is 1. The SMILES string of the molecule is C[C@H]1[C@H](O[Si](C)(C)C(C)(C)C)[C@@H](C)C(=O)O[C@H]1CCO[Si](c1ccccc1)(c1ccccc1)c1ccccc1. The topological polar surface area (TPSA) is 44.8 Å². The van der Waals surface area contributed by atoms with Gasteiger partial charge in [-0.2, -0.15) is 0 Å². The van der Waals surface area contributed by atoms with Crippen molar-refractivity contribution >= 4 is 38.2 Å². The quantitative estimate of drug-likeness (QED) is 0.193. The molecule has 0 N–H and O–H groups in total. The highest BCUT2D eigenvalue weighted by Gasteiger charge is 2.48. The summed E-state index contributed by atoms with van der Waals surface area (Å²) in [6.45, 7) is 15.8. The Balaban J connectivity index is 1.62. The zero-order valence-corrected chi connectivity index (χ0v) is 26.5. The summed E-state index contributed by atoms with van der Waals surface area (Å²) in [6.07, 6.45) is 0.215. The molecule has 3 aromatic carbocycles. The van der Waals surface area contributed by atoms with Gasteiger partial charge in [0.2, 0.25) is 0 Å². The highest BCUT2D eigenvalue weighted by Crippen LogP contribution is 2.41. The van der Waals surface area contributed by atoms with E-state index in [-0.39, 0.29) is 35.1 Å². The fraction of sp³-hybridized carbons (Fsp3) is 0.424. The summed E-state index contributed by atoms with van der Waals surface area (Å²) in [5.74, 6) is -0.367. The van der Waals surface area contributed by atoms with Crippen LogP contribution in [0.5, 0.6) is 0 Å². The lowest BCUT2D eigenvalue weighted by atomic mass is 9.85. The summed E-state index contributed by atoms with van der Waals surface area (Å²) in [5.41, 5.74) is 0. The van der Waals surface area contributed by atoms with E-state index in [9.17, 15) is 4.79 Å². The van der Waals surface area contributed by atoms with E-state index in [2.05, 4.69) is 114 Å². The number of rotatable bonds is 9. The Morgan fingerprint density at radius 3 is 1.62 bits per heavy atom. The Bertz CT molecular complexity index is 1110. The van der Waals surface area contributed by atoms with Crippen molar-refractivity contribution in [1.29, 1.82) is 0 Å². The van der Waals surface area contributed by atoms with Gasteiger partial charge in [0.15, 0.2) is 8.32 Å². The molecule has 0 amide bonds. The highest BCUT2D eigenvalue weighted by atomic mass is 28.4. The molecule has 1 fully saturated rings. The number of carbonyl (C=O) groups is 1. The molecule has 0 unspecified atom stereocenters. The second-order valence-corrected chi connectivity index (χ2v) is 20.5. The van der Waals surface area contributed by atoms with E-state index < -0.39 is 16.6 Å². The van der Waals surface area contributed by atoms with Crippen LogP contribution in [0, 0.1) is 11.8 Å². The average molecular weight is 561 g/mol. The van der Waals surface area contributed by atoms with E-state index in [4.69, 9.17) is 13.6 Å². The molecule has 1 aliphatic heterocycles. The molecule has 39 heavy (non-hydrogen) atoms. The summed E-state index contributed by atoms with van der Waals surface area (Å²) < 4.78 is 19.9. The first-order valence-corrected chi connectivity index (χ1v) is 19.0. The molecule has 6 heteroatoms. The van der Waals surface area contributed by atoms with Crippen LogP contribution in [0.4, 0.5) is 0 Å². The van der Waals surface area contributed by atoms with Gasteiger partial charge in [-0.25, -0.2) is 0 Å². The number of cyclic esters (lactones) is 1. The van der Waals surface area contributed by atoms with Gasteiger partial charge >= 0.3 is 5.97 Å². The van der Waals surface area contributed by atoms with Gasteiger partial charge in [-0.15, -0.1) is 0 Å². The van der Waals surface area contributed by atoms with Gasteiger partial charge in [-0.3, -0.25) is 4.79 Å². The molecule has 3 aromatic rings. The fourth-order valence-electron chi connectivity index (χ4n) is 5.31. The van der Waals surface area contributed by atoms with Crippen LogP contribution in [0.25, 0.3) is 0 Å². The monoisotopic (exact) mass is 560 g/mol. The highest BCUT2D eigenvalue weighted by molar-refractivity contribution is 7.07. The largest absolute Gasteiger partial charge is 0.462 e. The molecule has 1 saturated heterocycles. The van der Waals surface area contributed by atoms with E-state index in [1.54, 1.807) is 0 Å². The van der Waals surface area contributed by atoms with Crippen LogP contribution in [-0.2, 0) is 18.4 Å². The average Bonchev–Trinajstić information content (AvgIpc) is 2.93. The zero-order valence-electron chi connectivity index (χ0n) is 24.5. The van der Waals surface area contributed by atoms with Gasteiger partial charge in [0, 0.05) is 18.9 Å². The lowest BCUT2D eigenvalue weighted by Crippen LogP contribution is -2.69. The van der Waals surface area contributed by atoms with Crippen LogP contribution in [0.1, 0.15) is 41.0 Å². The van der Waals surface area contributed by atoms with E-state index in [1.165, 1.54) is 15.6 Å². The third-order valence-electron chi connectivity index (χ3n) is 8.74. The van der Waals surface area contributed by atoms with Gasteiger partial charge in [0.1, 0.15) is 6.10 Å². The zero-order chi connectivity index (χ0) is 28.3. The van der Waals surface area contributed by atoms with Crippen molar-refractivity contribution < 1.29 is 18.4 Å². The third-order valence-corrected chi connectivity index (χ3v) is 17.3. The van der Waals surface area contributed by atoms with Crippen LogP contribution < -0.4 is 15.6 Å². The standard InChI is InChI=1S/C33H44O4Si2/c1-25-30(36-32(34)26(2)31(25)37-38(6,7)33(3,4)5)23-24-35-39(27-17-11-8-12-18-27,28-19-13-9-14-20-28)29-21-15-10-16-22-29/h8-22,25-26,30-31H,23-24H2,1-7H3/t25-,26-,30+,31+/m1/s1. The van der Waals surface area contributed by atoms with Crippen molar-refractivity contribution in [1.82, 2.24) is 0 Å². The molecule has 0 saturated carbocycles. The number of carbonyl (C=O) groups excluding carboxylic acids is 1. The van der Waals surface area contributed by atoms with Crippen molar-refractivity contribution in [3.8, 4) is 0 Å². The first-order valence-electron chi connectivity index (χ1n) is 14.2. The summed E-state index contributed by atoms with van der Waals surface area (Å²) in [4.78, 5) is 13.0. The third kappa shape index (κ3) is 6.14. The van der Waals surface area contributed by atoms with Crippen LogP contribution in [-0.4, -0.2) is 41.4 Å². The Morgan fingerprint density at radius 1 is 0.769 bits per heavy atom. The molecule has 0 bridgehead atoms. The molecule has 0 spiro atoms. The number of benzene rings is 3. The van der Waals surface area contributed by atoms with Crippen molar-refractivity contribution in [3.63, 3.8) is 0 Å². The Hall–Kier alpha value is -2.52. The van der Waals surface area contributed by atoms with Crippen LogP contribution in [0.15, 0.2) is 91.0 Å². The van der Waals surface area contributed by atoms with Crippen molar-refractivity contribution in [2.75, 3.05) is 6.61 Å². The van der Waals surface area contributed by atoms with E-state index >= 15 is 0 Å². The predicted octanol–water partition coefficient (Wildman–Crippen LogP) is 5.65. The number of hydrogen-bond acceptors (Lipinski definition) is 4. The van der Waals surface area contributed by atoms with E-state index in [1.807, 2.05) is 25.1 Å². The minimum Gasteiger partial charge on any atom is -0.462 e. The maximum absolute atomic E-state index is 13.0. The minimum atomic E-state index is -2.81. The molecule has 0 radical (unpaired) electrons. The van der Waals surface area contributed by atoms with Crippen LogP contribution in [0.3, 0.4) is 0 Å². The molecular formula is C33H44O4Si2. The molecule has 208 valence electrons. The molecule has 1 aliphatic rings. The van der Waals surface area contributed by atoms with Crippen molar-refractivity contribution in [3.05, 3.63) is 91.0 Å².